The molecule has 9 nitrogen and oxygen atoms in total. The number of aliphatic hydroxyl groups is 1. The summed E-state index contributed by atoms with van der Waals surface area (Å²) in [5, 5.41) is 10.6. The number of anilines is 1. The number of thiophene rings is 1. The van der Waals surface area contributed by atoms with Crippen LogP contribution in [0.15, 0.2) is 95.9 Å². The second-order valence-corrected chi connectivity index (χ2v) is 24.0. The van der Waals surface area contributed by atoms with Gasteiger partial charge in [-0.3, -0.25) is 0 Å². The molecule has 0 saturated heterocycles. The number of nitrogens with zero attached hydrogens (tertiary/aromatic N) is 1. The molecule has 260 valence electrons. The van der Waals surface area contributed by atoms with E-state index in [0.29, 0.717) is 15.4 Å². The van der Waals surface area contributed by atoms with Crippen molar-refractivity contribution in [2.75, 3.05) is 19.5 Å². The molecule has 1 heterocycles. The van der Waals surface area contributed by atoms with Crippen LogP contribution in [-0.2, 0) is 30.6 Å². The Morgan fingerprint density at radius 2 is 1.63 bits per heavy atom. The number of rotatable bonds is 13. The maximum atomic E-state index is 14.0. The van der Waals surface area contributed by atoms with Gasteiger partial charge in [-0.05, 0) is 11.1 Å². The molecule has 2 unspecified atom stereocenters. The molecule has 0 radical (unpaired) electrons. The number of imide groups is 1. The third-order valence-electron chi connectivity index (χ3n) is 8.44. The third-order valence-corrected chi connectivity index (χ3v) is 23.0. The van der Waals surface area contributed by atoms with Crippen LogP contribution in [0.2, 0.25) is 5.21 Å². The van der Waals surface area contributed by atoms with Gasteiger partial charge in [-0.25, -0.2) is 0 Å². The van der Waals surface area contributed by atoms with Crippen molar-refractivity contribution in [3.05, 3.63) is 106 Å². The first kappa shape index (κ1) is 36.7. The molecule has 49 heavy (non-hydrogen) atoms. The number of halogens is 2. The number of amides is 2. The van der Waals surface area contributed by atoms with E-state index in [1.54, 1.807) is 12.1 Å². The summed E-state index contributed by atoms with van der Waals surface area (Å²) in [6.45, 7) is -0.702. The van der Waals surface area contributed by atoms with E-state index in [2.05, 4.69) is 0 Å². The number of carbonyl (C=O) groups excluding carboxylic acids is 2. The van der Waals surface area contributed by atoms with Gasteiger partial charge in [-0.15, -0.1) is 0 Å². The van der Waals surface area contributed by atoms with E-state index in [9.17, 15) is 31.9 Å². The van der Waals surface area contributed by atoms with Crippen molar-refractivity contribution >= 4 is 50.6 Å². The number of alkyl halides is 2. The van der Waals surface area contributed by atoms with Crippen molar-refractivity contribution < 1.29 is 36.6 Å². The Labute approximate surface area is 292 Å². The van der Waals surface area contributed by atoms with Gasteiger partial charge in [-0.1, -0.05) is 30.3 Å². The van der Waals surface area contributed by atoms with Gasteiger partial charge in [0.1, 0.15) is 0 Å². The quantitative estimate of drug-likeness (QED) is 0.114. The Balaban J connectivity index is 1.34. The van der Waals surface area contributed by atoms with Gasteiger partial charge in [0, 0.05) is 0 Å². The van der Waals surface area contributed by atoms with Crippen molar-refractivity contribution in [1.82, 2.24) is 4.90 Å². The molecule has 1 saturated carbocycles. The van der Waals surface area contributed by atoms with Crippen LogP contribution in [0.4, 0.5) is 19.3 Å². The van der Waals surface area contributed by atoms with Crippen LogP contribution < -0.4 is 11.5 Å². The van der Waals surface area contributed by atoms with E-state index in [1.807, 2.05) is 54.6 Å². The molecule has 1 fully saturated rings. The fourth-order valence-corrected chi connectivity index (χ4v) is 20.6. The number of nitrogens with two attached hydrogens (primary N) is 2. The summed E-state index contributed by atoms with van der Waals surface area (Å²) < 4.78 is 59.6. The van der Waals surface area contributed by atoms with E-state index >= 15 is 0 Å². The SMILES string of the molecule is COC(=O)N(Cc1ccc(C(CO)[As](CC2CC(F)(F)C2)S(=O)(=O)c2ccc(N)cc2)s1)C(=O)[C@@H](N)Cc1ccc(-c2ccccc2)cc1. The number of nitrogen functional groups attached to an aromatic ring is 1. The second kappa shape index (κ2) is 15.5. The molecule has 3 aromatic carbocycles. The van der Waals surface area contributed by atoms with E-state index < -0.39 is 75.6 Å². The van der Waals surface area contributed by atoms with E-state index in [4.69, 9.17) is 16.2 Å². The fourth-order valence-electron chi connectivity index (χ4n) is 5.82. The molecule has 0 spiro atoms. The average Bonchev–Trinajstić information content (AvgIpc) is 3.54. The van der Waals surface area contributed by atoms with Crippen LogP contribution in [0.5, 0.6) is 0 Å². The zero-order valence-electron chi connectivity index (χ0n) is 26.7. The Kier molecular flexibility index (Phi) is 11.6. The molecule has 5 N–H and O–H groups in total. The average molecular weight is 774 g/mol. The van der Waals surface area contributed by atoms with Crippen molar-refractivity contribution in [1.29, 1.82) is 0 Å². The molecular weight excluding hydrogens is 735 g/mol. The van der Waals surface area contributed by atoms with Crippen LogP contribution in [0.25, 0.3) is 11.1 Å². The molecule has 3 atom stereocenters. The van der Waals surface area contributed by atoms with Gasteiger partial charge in [0.2, 0.25) is 0 Å². The minimum absolute atomic E-state index is 0.0363. The molecule has 4 aromatic rings. The van der Waals surface area contributed by atoms with Crippen LogP contribution in [0, 0.1) is 5.92 Å². The van der Waals surface area contributed by atoms with Gasteiger partial charge in [0.05, 0.1) is 0 Å². The maximum absolute atomic E-state index is 14.0. The number of aliphatic hydroxyl groups excluding tert-OH is 1. The van der Waals surface area contributed by atoms with Crippen molar-refractivity contribution in [2.45, 2.75) is 52.6 Å². The van der Waals surface area contributed by atoms with Gasteiger partial charge >= 0.3 is 252 Å². The zero-order chi connectivity index (χ0) is 35.3. The van der Waals surface area contributed by atoms with Crippen LogP contribution in [0.1, 0.15) is 32.9 Å². The van der Waals surface area contributed by atoms with Gasteiger partial charge in [0.15, 0.2) is 0 Å². The van der Waals surface area contributed by atoms with E-state index in [1.165, 1.54) is 24.3 Å². The number of benzene rings is 3. The molecule has 14 heteroatoms. The molecule has 0 bridgehead atoms. The topological polar surface area (TPSA) is 153 Å². The Morgan fingerprint density at radius 1 is 1.00 bits per heavy atom. The molecule has 1 aliphatic rings. The second-order valence-electron chi connectivity index (χ2n) is 12.0. The summed E-state index contributed by atoms with van der Waals surface area (Å²) in [5.41, 5.74) is 15.3. The summed E-state index contributed by atoms with van der Waals surface area (Å²) in [7, 11) is -2.80. The summed E-state index contributed by atoms with van der Waals surface area (Å²) in [6.07, 6.45) is -1.52. The molecule has 5 rings (SSSR count). The summed E-state index contributed by atoms with van der Waals surface area (Å²) in [6, 6.07) is 25.4. The molecular formula is C35H38AsF2N3O6S2. The monoisotopic (exact) mass is 773 g/mol. The Bertz CT molecular complexity index is 1850. The molecule has 1 aliphatic carbocycles. The van der Waals surface area contributed by atoms with Gasteiger partial charge in [0.25, 0.3) is 0 Å². The normalized spacial score (nSPS) is 16.3. The molecule has 2 amide bonds. The standard InChI is InChI=1S/C35H38AsF2N3O6S2/c1-47-34(44)41(33(43)31(40)17-23-7-9-26(10-8-23)25-5-3-2-4-6-25)21-28-13-16-32(48-28)30(22-42)36(20-24-18-35(37,38)19-24)49(45,46)29-14-11-27(39)12-15-29/h2-16,24,30-31,42H,17-22,39-40H2,1H3/t30?,31-,36?/m0/s1. The first-order chi connectivity index (χ1) is 23.3. The van der Waals surface area contributed by atoms with E-state index in [-0.39, 0.29) is 23.1 Å². The fraction of sp³-hybridized carbons (Fsp3) is 0.314. The first-order valence-corrected chi connectivity index (χ1v) is 22.5. The first-order valence-electron chi connectivity index (χ1n) is 15.5. The minimum atomic E-state index is -3.95. The van der Waals surface area contributed by atoms with Gasteiger partial charge < -0.3 is 0 Å². The van der Waals surface area contributed by atoms with Crippen molar-refractivity contribution in [2.24, 2.45) is 11.7 Å². The third kappa shape index (κ3) is 8.77. The van der Waals surface area contributed by atoms with Crippen molar-refractivity contribution in [3.8, 4) is 11.1 Å². The van der Waals surface area contributed by atoms with Crippen molar-refractivity contribution in [3.63, 3.8) is 0 Å². The Hall–Kier alpha value is -3.61. The number of hydrogen-bond acceptors (Lipinski definition) is 9. The number of carbonyl (C=O) groups is 2. The van der Waals surface area contributed by atoms with Crippen LogP contribution >= 0.6 is 11.3 Å². The zero-order valence-corrected chi connectivity index (χ0v) is 30.3. The number of methoxy groups -OCH3 is 1. The summed E-state index contributed by atoms with van der Waals surface area (Å²) in [4.78, 5) is 28.3. The predicted octanol–water partition coefficient (Wildman–Crippen LogP) is 5.79. The summed E-state index contributed by atoms with van der Waals surface area (Å²) >= 11 is -2.03. The Morgan fingerprint density at radius 3 is 2.22 bits per heavy atom. The molecule has 1 aromatic heterocycles. The predicted molar refractivity (Wildman–Crippen MR) is 187 cm³/mol. The number of ether oxygens (including phenoxy) is 1. The molecule has 0 aliphatic heterocycles. The van der Waals surface area contributed by atoms with Gasteiger partial charge in [-0.2, -0.15) is 0 Å². The number of hydrogen-bond donors (Lipinski definition) is 3. The van der Waals surface area contributed by atoms with E-state index in [0.717, 1.165) is 40.0 Å². The van der Waals surface area contributed by atoms with Crippen LogP contribution in [0.3, 0.4) is 0 Å². The van der Waals surface area contributed by atoms with Crippen LogP contribution in [-0.4, -0.2) is 69.6 Å². The summed E-state index contributed by atoms with van der Waals surface area (Å²) in [5.74, 6) is -3.95.